The highest BCUT2D eigenvalue weighted by atomic mass is 32.2. The van der Waals surface area contributed by atoms with E-state index in [9.17, 15) is 19.5 Å². The summed E-state index contributed by atoms with van der Waals surface area (Å²) in [5.41, 5.74) is 1.04. The number of nitrogens with one attached hydrogen (secondary N) is 1. The minimum atomic E-state index is -1.01. The third-order valence-electron chi connectivity index (χ3n) is 4.04. The van der Waals surface area contributed by atoms with E-state index in [2.05, 4.69) is 5.32 Å². The van der Waals surface area contributed by atoms with Crippen LogP contribution in [0, 0.1) is 0 Å². The molecule has 1 fully saturated rings. The monoisotopic (exact) mass is 334 g/mol. The molecule has 1 aromatic carbocycles. The average Bonchev–Trinajstić information content (AvgIpc) is 3.33. The quantitative estimate of drug-likeness (QED) is 0.881. The number of nitrogens with zero attached hydrogens (tertiary/aromatic N) is 1. The molecule has 7 heteroatoms. The second kappa shape index (κ2) is 6.23. The van der Waals surface area contributed by atoms with Gasteiger partial charge in [0.2, 0.25) is 5.91 Å². The Bertz CT molecular complexity index is 672. The molecule has 0 aromatic heterocycles. The van der Waals surface area contributed by atoms with Crippen LogP contribution >= 0.6 is 11.8 Å². The van der Waals surface area contributed by atoms with Crippen LogP contribution in [0.1, 0.15) is 36.5 Å². The van der Waals surface area contributed by atoms with Crippen molar-refractivity contribution in [2.75, 3.05) is 11.1 Å². The fraction of sp³-hybridized carbons (Fsp3) is 0.438. The third kappa shape index (κ3) is 3.34. The van der Waals surface area contributed by atoms with Gasteiger partial charge >= 0.3 is 5.97 Å². The first kappa shape index (κ1) is 15.9. The first-order chi connectivity index (χ1) is 11.0. The van der Waals surface area contributed by atoms with Crippen LogP contribution in [0.3, 0.4) is 0 Å². The number of carbonyl (C=O) groups excluding carboxylic acids is 2. The van der Waals surface area contributed by atoms with Crippen molar-refractivity contribution in [3.8, 4) is 0 Å². The van der Waals surface area contributed by atoms with Crippen LogP contribution in [0.4, 0.5) is 5.69 Å². The first-order valence-electron chi connectivity index (χ1n) is 7.59. The van der Waals surface area contributed by atoms with Crippen LogP contribution in [0.15, 0.2) is 23.1 Å². The number of anilines is 1. The Balaban J connectivity index is 1.89. The molecule has 1 aliphatic carbocycles. The number of benzene rings is 1. The molecule has 1 aliphatic heterocycles. The summed E-state index contributed by atoms with van der Waals surface area (Å²) in [5.74, 6) is -0.674. The molecule has 3 rings (SSSR count). The molecule has 1 atom stereocenters. The fourth-order valence-electron chi connectivity index (χ4n) is 2.63. The van der Waals surface area contributed by atoms with E-state index < -0.39 is 12.0 Å². The van der Waals surface area contributed by atoms with E-state index in [-0.39, 0.29) is 17.9 Å². The van der Waals surface area contributed by atoms with Crippen molar-refractivity contribution in [1.29, 1.82) is 0 Å². The number of carboxylic acids is 1. The van der Waals surface area contributed by atoms with Gasteiger partial charge in [-0.3, -0.25) is 9.59 Å². The number of carboxylic acid groups (broad SMARTS) is 1. The molecule has 1 saturated carbocycles. The van der Waals surface area contributed by atoms with Crippen molar-refractivity contribution >= 4 is 35.2 Å². The summed E-state index contributed by atoms with van der Waals surface area (Å²) in [7, 11) is 0. The van der Waals surface area contributed by atoms with Crippen LogP contribution in [-0.4, -0.2) is 45.6 Å². The highest BCUT2D eigenvalue weighted by Gasteiger charge is 2.38. The SMILES string of the molecule is CC(C(=O)O)N(C(=O)c1ccc2c(c1)NC(=O)CCS2)C1CC1. The Morgan fingerprint density at radius 1 is 1.39 bits per heavy atom. The molecule has 2 N–H and O–H groups in total. The van der Waals surface area contributed by atoms with Gasteiger partial charge in [-0.25, -0.2) is 4.79 Å². The summed E-state index contributed by atoms with van der Waals surface area (Å²) in [5, 5.41) is 12.0. The number of hydrogen-bond acceptors (Lipinski definition) is 4. The zero-order valence-electron chi connectivity index (χ0n) is 12.7. The van der Waals surface area contributed by atoms with Gasteiger partial charge in [0.25, 0.3) is 5.91 Å². The van der Waals surface area contributed by atoms with Crippen molar-refractivity contribution in [3.63, 3.8) is 0 Å². The lowest BCUT2D eigenvalue weighted by atomic mass is 10.1. The molecule has 1 aromatic rings. The Morgan fingerprint density at radius 3 is 2.78 bits per heavy atom. The van der Waals surface area contributed by atoms with E-state index in [1.165, 1.54) is 11.8 Å². The number of aliphatic carboxylic acids is 1. The highest BCUT2D eigenvalue weighted by Crippen LogP contribution is 2.34. The summed E-state index contributed by atoms with van der Waals surface area (Å²) in [6, 6.07) is 4.30. The summed E-state index contributed by atoms with van der Waals surface area (Å²) in [4.78, 5) is 38.1. The number of rotatable bonds is 4. The molecule has 6 nitrogen and oxygen atoms in total. The minimum absolute atomic E-state index is 0.00336. The van der Waals surface area contributed by atoms with Gasteiger partial charge in [-0.1, -0.05) is 0 Å². The summed E-state index contributed by atoms with van der Waals surface area (Å²) in [6.45, 7) is 1.53. The van der Waals surface area contributed by atoms with E-state index in [0.717, 1.165) is 17.7 Å². The summed E-state index contributed by atoms with van der Waals surface area (Å²) in [6.07, 6.45) is 2.11. The van der Waals surface area contributed by atoms with Gasteiger partial charge in [-0.2, -0.15) is 0 Å². The number of hydrogen-bond donors (Lipinski definition) is 2. The Morgan fingerprint density at radius 2 is 2.13 bits per heavy atom. The number of amides is 2. The standard InChI is InChI=1S/C16H18N2O4S/c1-9(16(21)22)18(11-3-4-11)15(20)10-2-5-13-12(8-10)17-14(19)6-7-23-13/h2,5,8-9,11H,3-4,6-7H2,1H3,(H,17,19)(H,21,22). The van der Waals surface area contributed by atoms with Gasteiger partial charge in [-0.15, -0.1) is 11.8 Å². The maximum absolute atomic E-state index is 12.8. The van der Waals surface area contributed by atoms with Gasteiger partial charge in [0, 0.05) is 28.7 Å². The highest BCUT2D eigenvalue weighted by molar-refractivity contribution is 7.99. The van der Waals surface area contributed by atoms with E-state index >= 15 is 0 Å². The lowest BCUT2D eigenvalue weighted by molar-refractivity contribution is -0.141. The zero-order chi connectivity index (χ0) is 16.6. The molecule has 2 amide bonds. The lowest BCUT2D eigenvalue weighted by Gasteiger charge is -2.26. The predicted molar refractivity (Wildman–Crippen MR) is 86.7 cm³/mol. The fourth-order valence-corrected chi connectivity index (χ4v) is 3.57. The smallest absolute Gasteiger partial charge is 0.326 e. The lowest BCUT2D eigenvalue weighted by Crippen LogP contribution is -2.44. The molecule has 23 heavy (non-hydrogen) atoms. The minimum Gasteiger partial charge on any atom is -0.480 e. The maximum atomic E-state index is 12.8. The van der Waals surface area contributed by atoms with Gasteiger partial charge in [0.1, 0.15) is 6.04 Å². The molecule has 0 bridgehead atoms. The predicted octanol–water partition coefficient (Wildman–Crippen LogP) is 2.20. The van der Waals surface area contributed by atoms with Gasteiger partial charge in [-0.05, 0) is 38.0 Å². The molecule has 0 saturated heterocycles. The summed E-state index contributed by atoms with van der Waals surface area (Å²) < 4.78 is 0. The van der Waals surface area contributed by atoms with Crippen LogP contribution < -0.4 is 5.32 Å². The Labute approximate surface area is 138 Å². The van der Waals surface area contributed by atoms with Crippen LogP contribution in [0.2, 0.25) is 0 Å². The van der Waals surface area contributed by atoms with Gasteiger partial charge in [0.05, 0.1) is 5.69 Å². The van der Waals surface area contributed by atoms with Crippen LogP contribution in [-0.2, 0) is 9.59 Å². The van der Waals surface area contributed by atoms with Crippen molar-refractivity contribution < 1.29 is 19.5 Å². The van der Waals surface area contributed by atoms with Crippen molar-refractivity contribution in [2.24, 2.45) is 0 Å². The third-order valence-corrected chi connectivity index (χ3v) is 5.11. The molecule has 2 aliphatic rings. The topological polar surface area (TPSA) is 86.7 Å². The largest absolute Gasteiger partial charge is 0.480 e. The zero-order valence-corrected chi connectivity index (χ0v) is 13.6. The van der Waals surface area contributed by atoms with Gasteiger partial charge in [0.15, 0.2) is 0 Å². The van der Waals surface area contributed by atoms with E-state index in [1.54, 1.807) is 23.9 Å². The van der Waals surface area contributed by atoms with Crippen molar-refractivity contribution in [2.45, 2.75) is 43.2 Å². The molecular formula is C16H18N2O4S. The second-order valence-electron chi connectivity index (χ2n) is 5.82. The molecular weight excluding hydrogens is 316 g/mol. The second-order valence-corrected chi connectivity index (χ2v) is 6.95. The maximum Gasteiger partial charge on any atom is 0.326 e. The van der Waals surface area contributed by atoms with E-state index in [0.29, 0.717) is 23.4 Å². The first-order valence-corrected chi connectivity index (χ1v) is 8.58. The van der Waals surface area contributed by atoms with Crippen molar-refractivity contribution in [3.05, 3.63) is 23.8 Å². The van der Waals surface area contributed by atoms with Crippen LogP contribution in [0.5, 0.6) is 0 Å². The normalized spacial score (nSPS) is 18.4. The van der Waals surface area contributed by atoms with E-state index in [1.807, 2.05) is 6.07 Å². The number of thioether (sulfide) groups is 1. The summed E-state index contributed by atoms with van der Waals surface area (Å²) >= 11 is 1.57. The van der Waals surface area contributed by atoms with Crippen molar-refractivity contribution in [1.82, 2.24) is 4.90 Å². The molecule has 1 heterocycles. The molecule has 0 spiro atoms. The molecule has 122 valence electrons. The van der Waals surface area contributed by atoms with Crippen LogP contribution in [0.25, 0.3) is 0 Å². The number of fused-ring (bicyclic) bond motifs is 1. The Kier molecular flexibility index (Phi) is 4.30. The molecule has 0 radical (unpaired) electrons. The number of carbonyl (C=O) groups is 3. The molecule has 1 unspecified atom stereocenters. The van der Waals surface area contributed by atoms with E-state index in [4.69, 9.17) is 0 Å². The van der Waals surface area contributed by atoms with Gasteiger partial charge < -0.3 is 15.3 Å². The Hall–Kier alpha value is -2.02. The average molecular weight is 334 g/mol.